The summed E-state index contributed by atoms with van der Waals surface area (Å²) in [6, 6.07) is 6.98. The number of nitrogens with one attached hydrogen (secondary N) is 1. The second kappa shape index (κ2) is 4.59. The molecule has 0 aliphatic rings. The van der Waals surface area contributed by atoms with E-state index in [9.17, 15) is 4.79 Å². The molecule has 4 nitrogen and oxygen atoms in total. The zero-order valence-corrected chi connectivity index (χ0v) is 7.16. The lowest BCUT2D eigenvalue weighted by Crippen LogP contribution is -2.21. The number of amides is 1. The van der Waals surface area contributed by atoms with Gasteiger partial charge in [-0.2, -0.15) is 0 Å². The van der Waals surface area contributed by atoms with Crippen LogP contribution >= 0.6 is 0 Å². The van der Waals surface area contributed by atoms with Crippen molar-refractivity contribution in [3.05, 3.63) is 29.8 Å². The molecule has 4 heteroatoms. The number of nitrogens with two attached hydrogens (primary N) is 1. The maximum atomic E-state index is 10.9. The van der Waals surface area contributed by atoms with Crippen LogP contribution in [0.1, 0.15) is 5.56 Å². The Morgan fingerprint density at radius 2 is 2.31 bits per heavy atom. The van der Waals surface area contributed by atoms with Crippen molar-refractivity contribution >= 4 is 11.6 Å². The molecule has 0 heterocycles. The molecule has 70 valence electrons. The van der Waals surface area contributed by atoms with Crippen molar-refractivity contribution < 1.29 is 9.90 Å². The second-order valence-corrected chi connectivity index (χ2v) is 2.61. The number of aliphatic hydroxyl groups is 1. The van der Waals surface area contributed by atoms with E-state index in [-0.39, 0.29) is 19.1 Å². The molecule has 0 bridgehead atoms. The molecular formula is C9H12N2O2. The minimum atomic E-state index is -0.241. The van der Waals surface area contributed by atoms with Crippen LogP contribution in [0.5, 0.6) is 0 Å². The van der Waals surface area contributed by atoms with Crippen molar-refractivity contribution in [1.29, 1.82) is 0 Å². The summed E-state index contributed by atoms with van der Waals surface area (Å²) in [7, 11) is 0. The number of benzene rings is 1. The summed E-state index contributed by atoms with van der Waals surface area (Å²) < 4.78 is 0. The van der Waals surface area contributed by atoms with Crippen molar-refractivity contribution in [2.75, 3.05) is 11.9 Å². The highest BCUT2D eigenvalue weighted by Crippen LogP contribution is 2.09. The number of carbonyl (C=O) groups excluding carboxylic acids is 1. The summed E-state index contributed by atoms with van der Waals surface area (Å²) in [4.78, 5) is 10.9. The third-order valence-corrected chi connectivity index (χ3v) is 1.58. The summed E-state index contributed by atoms with van der Waals surface area (Å²) in [5, 5.41) is 11.4. The number of anilines is 1. The first-order valence-electron chi connectivity index (χ1n) is 3.96. The Balaban J connectivity index is 2.71. The van der Waals surface area contributed by atoms with Crippen LogP contribution in [-0.2, 0) is 11.4 Å². The van der Waals surface area contributed by atoms with E-state index in [1.807, 2.05) is 0 Å². The van der Waals surface area contributed by atoms with Gasteiger partial charge < -0.3 is 16.2 Å². The Labute approximate surface area is 76.4 Å². The first kappa shape index (κ1) is 9.70. The van der Waals surface area contributed by atoms with Crippen LogP contribution in [0.3, 0.4) is 0 Å². The Bertz CT molecular complexity index is 299. The summed E-state index contributed by atoms with van der Waals surface area (Å²) in [6.45, 7) is -0.0737. The molecule has 0 fully saturated rings. The lowest BCUT2D eigenvalue weighted by molar-refractivity contribution is -0.114. The standard InChI is InChI=1S/C9H12N2O2/c10-5-9(13)11-8-3-1-2-7(4-8)6-12/h1-4,12H,5-6,10H2,(H,11,13). The van der Waals surface area contributed by atoms with Crippen LogP contribution in [0, 0.1) is 0 Å². The average Bonchev–Trinajstić information content (AvgIpc) is 2.18. The number of hydrogen-bond donors (Lipinski definition) is 3. The molecule has 0 radical (unpaired) electrons. The summed E-state index contributed by atoms with van der Waals surface area (Å²) in [5.41, 5.74) is 6.54. The monoisotopic (exact) mass is 180 g/mol. The van der Waals surface area contributed by atoms with Gasteiger partial charge in [0.2, 0.25) is 5.91 Å². The van der Waals surface area contributed by atoms with Gasteiger partial charge in [-0.3, -0.25) is 4.79 Å². The average molecular weight is 180 g/mol. The number of hydrogen-bond acceptors (Lipinski definition) is 3. The van der Waals surface area contributed by atoms with E-state index < -0.39 is 0 Å². The molecule has 4 N–H and O–H groups in total. The normalized spacial score (nSPS) is 9.69. The molecule has 1 aromatic carbocycles. The van der Waals surface area contributed by atoms with E-state index in [1.165, 1.54) is 0 Å². The quantitative estimate of drug-likeness (QED) is 0.616. The zero-order valence-electron chi connectivity index (χ0n) is 7.16. The molecule has 1 amide bonds. The van der Waals surface area contributed by atoms with Crippen LogP contribution in [0.25, 0.3) is 0 Å². The van der Waals surface area contributed by atoms with E-state index in [4.69, 9.17) is 10.8 Å². The molecular weight excluding hydrogens is 168 g/mol. The molecule has 1 rings (SSSR count). The molecule has 0 saturated heterocycles. The molecule has 0 aromatic heterocycles. The smallest absolute Gasteiger partial charge is 0.238 e. The van der Waals surface area contributed by atoms with Gasteiger partial charge in [0.15, 0.2) is 0 Å². The highest BCUT2D eigenvalue weighted by atomic mass is 16.3. The largest absolute Gasteiger partial charge is 0.392 e. The van der Waals surface area contributed by atoms with Crippen LogP contribution in [0.2, 0.25) is 0 Å². The predicted octanol–water partition coefficient (Wildman–Crippen LogP) is 0.0761. The second-order valence-electron chi connectivity index (χ2n) is 2.61. The van der Waals surface area contributed by atoms with Crippen molar-refractivity contribution in [2.24, 2.45) is 5.73 Å². The van der Waals surface area contributed by atoms with Gasteiger partial charge in [-0.15, -0.1) is 0 Å². The van der Waals surface area contributed by atoms with Crippen molar-refractivity contribution in [1.82, 2.24) is 0 Å². The number of carbonyl (C=O) groups is 1. The van der Waals surface area contributed by atoms with E-state index in [2.05, 4.69) is 5.32 Å². The van der Waals surface area contributed by atoms with Gasteiger partial charge >= 0.3 is 0 Å². The Morgan fingerprint density at radius 3 is 2.92 bits per heavy atom. The molecule has 0 aliphatic carbocycles. The third-order valence-electron chi connectivity index (χ3n) is 1.58. The van der Waals surface area contributed by atoms with E-state index in [0.29, 0.717) is 5.69 Å². The number of rotatable bonds is 3. The van der Waals surface area contributed by atoms with Crippen LogP contribution in [0.15, 0.2) is 24.3 Å². The van der Waals surface area contributed by atoms with Gasteiger partial charge in [-0.05, 0) is 17.7 Å². The summed E-state index contributed by atoms with van der Waals surface area (Å²) in [6.07, 6.45) is 0. The summed E-state index contributed by atoms with van der Waals surface area (Å²) >= 11 is 0. The maximum absolute atomic E-state index is 10.9. The Kier molecular flexibility index (Phi) is 3.42. The van der Waals surface area contributed by atoms with Gasteiger partial charge in [0, 0.05) is 5.69 Å². The van der Waals surface area contributed by atoms with E-state index in [1.54, 1.807) is 24.3 Å². The van der Waals surface area contributed by atoms with Gasteiger partial charge in [-0.25, -0.2) is 0 Å². The van der Waals surface area contributed by atoms with Crippen LogP contribution in [-0.4, -0.2) is 17.6 Å². The maximum Gasteiger partial charge on any atom is 0.238 e. The van der Waals surface area contributed by atoms with Crippen LogP contribution < -0.4 is 11.1 Å². The molecule has 13 heavy (non-hydrogen) atoms. The fourth-order valence-corrected chi connectivity index (χ4v) is 0.959. The first-order valence-corrected chi connectivity index (χ1v) is 3.96. The van der Waals surface area contributed by atoms with Crippen molar-refractivity contribution in [2.45, 2.75) is 6.61 Å². The minimum Gasteiger partial charge on any atom is -0.392 e. The van der Waals surface area contributed by atoms with Gasteiger partial charge in [0.05, 0.1) is 13.2 Å². The van der Waals surface area contributed by atoms with E-state index in [0.717, 1.165) is 5.56 Å². The van der Waals surface area contributed by atoms with Crippen LogP contribution in [0.4, 0.5) is 5.69 Å². The first-order chi connectivity index (χ1) is 6.26. The van der Waals surface area contributed by atoms with Crippen molar-refractivity contribution in [3.63, 3.8) is 0 Å². The van der Waals surface area contributed by atoms with Gasteiger partial charge in [0.1, 0.15) is 0 Å². The van der Waals surface area contributed by atoms with Crippen molar-refractivity contribution in [3.8, 4) is 0 Å². The minimum absolute atomic E-state index is 0.0354. The molecule has 0 saturated carbocycles. The van der Waals surface area contributed by atoms with Gasteiger partial charge in [-0.1, -0.05) is 12.1 Å². The van der Waals surface area contributed by atoms with E-state index >= 15 is 0 Å². The highest BCUT2D eigenvalue weighted by molar-refractivity contribution is 5.92. The predicted molar refractivity (Wildman–Crippen MR) is 50.0 cm³/mol. The Morgan fingerprint density at radius 1 is 1.54 bits per heavy atom. The topological polar surface area (TPSA) is 75.4 Å². The fraction of sp³-hybridized carbons (Fsp3) is 0.222. The molecule has 1 aromatic rings. The number of aliphatic hydroxyl groups excluding tert-OH is 1. The molecule has 0 aliphatic heterocycles. The lowest BCUT2D eigenvalue weighted by Gasteiger charge is -2.04. The molecule has 0 unspecified atom stereocenters. The fourth-order valence-electron chi connectivity index (χ4n) is 0.959. The summed E-state index contributed by atoms with van der Waals surface area (Å²) in [5.74, 6) is -0.241. The lowest BCUT2D eigenvalue weighted by atomic mass is 10.2. The molecule has 0 atom stereocenters. The SMILES string of the molecule is NCC(=O)Nc1cccc(CO)c1. The Hall–Kier alpha value is -1.39. The zero-order chi connectivity index (χ0) is 9.68. The highest BCUT2D eigenvalue weighted by Gasteiger charge is 1.98. The van der Waals surface area contributed by atoms with Gasteiger partial charge in [0.25, 0.3) is 0 Å². The third kappa shape index (κ3) is 2.85. The molecule has 0 spiro atoms.